The molecule has 0 aliphatic carbocycles. The summed E-state index contributed by atoms with van der Waals surface area (Å²) in [5.74, 6) is 0.0230. The fraction of sp³-hybridized carbons (Fsp3) is 0.600. The Morgan fingerprint density at radius 3 is 3.00 bits per heavy atom. The van der Waals surface area contributed by atoms with Crippen LogP contribution in [0.2, 0.25) is 0 Å². The van der Waals surface area contributed by atoms with Gasteiger partial charge in [-0.3, -0.25) is 4.79 Å². The maximum atomic E-state index is 10.6. The van der Waals surface area contributed by atoms with Crippen molar-refractivity contribution in [1.29, 1.82) is 0 Å². The standard InChI is InChI=1S/C5H8N2OS/c8-4-3-7-5(9)1-2-6-4/h1-3H2,(H,6,8)(H,7,9). The number of rotatable bonds is 0. The van der Waals surface area contributed by atoms with Crippen LogP contribution in [-0.2, 0) is 4.79 Å². The second-order valence-corrected chi connectivity index (χ2v) is 2.37. The zero-order chi connectivity index (χ0) is 6.69. The fourth-order valence-electron chi connectivity index (χ4n) is 0.645. The summed E-state index contributed by atoms with van der Waals surface area (Å²) >= 11 is 4.84. The first-order valence-electron chi connectivity index (χ1n) is 2.82. The van der Waals surface area contributed by atoms with Crippen LogP contribution in [0.15, 0.2) is 0 Å². The third-order valence-corrected chi connectivity index (χ3v) is 1.47. The molecule has 1 rings (SSSR count). The maximum absolute atomic E-state index is 10.6. The van der Waals surface area contributed by atoms with E-state index in [1.54, 1.807) is 0 Å². The molecule has 1 heterocycles. The van der Waals surface area contributed by atoms with E-state index in [0.29, 0.717) is 13.1 Å². The number of carbonyl (C=O) groups is 1. The number of nitrogens with one attached hydrogen (secondary N) is 2. The van der Waals surface area contributed by atoms with Crippen molar-refractivity contribution >= 4 is 23.1 Å². The van der Waals surface area contributed by atoms with Gasteiger partial charge in [0.25, 0.3) is 0 Å². The second-order valence-electron chi connectivity index (χ2n) is 1.88. The van der Waals surface area contributed by atoms with E-state index in [2.05, 4.69) is 10.6 Å². The van der Waals surface area contributed by atoms with Gasteiger partial charge in [-0.15, -0.1) is 0 Å². The Balaban J connectivity index is 2.43. The minimum atomic E-state index is 0.0230. The summed E-state index contributed by atoms with van der Waals surface area (Å²) in [5.41, 5.74) is 0. The van der Waals surface area contributed by atoms with Gasteiger partial charge in [0, 0.05) is 13.0 Å². The van der Waals surface area contributed by atoms with Crippen molar-refractivity contribution in [3.05, 3.63) is 0 Å². The molecule has 1 saturated heterocycles. The molecule has 0 aromatic heterocycles. The van der Waals surface area contributed by atoms with E-state index in [0.717, 1.165) is 11.4 Å². The SMILES string of the molecule is O=C1CNC(=S)CCN1. The number of amides is 1. The van der Waals surface area contributed by atoms with E-state index in [4.69, 9.17) is 12.2 Å². The van der Waals surface area contributed by atoms with Crippen LogP contribution in [0.25, 0.3) is 0 Å². The zero-order valence-corrected chi connectivity index (χ0v) is 5.75. The smallest absolute Gasteiger partial charge is 0.239 e. The quantitative estimate of drug-likeness (QED) is 0.447. The Kier molecular flexibility index (Phi) is 2.00. The lowest BCUT2D eigenvalue weighted by Crippen LogP contribution is -2.29. The molecule has 0 aromatic carbocycles. The first kappa shape index (κ1) is 6.48. The van der Waals surface area contributed by atoms with Crippen LogP contribution in [0.3, 0.4) is 0 Å². The van der Waals surface area contributed by atoms with Gasteiger partial charge in [0.05, 0.1) is 11.5 Å². The maximum Gasteiger partial charge on any atom is 0.239 e. The van der Waals surface area contributed by atoms with Gasteiger partial charge in [-0.2, -0.15) is 0 Å². The summed E-state index contributed by atoms with van der Waals surface area (Å²) < 4.78 is 0. The topological polar surface area (TPSA) is 41.1 Å². The minimum absolute atomic E-state index is 0.0230. The molecule has 1 amide bonds. The molecule has 0 bridgehead atoms. The van der Waals surface area contributed by atoms with E-state index < -0.39 is 0 Å². The average molecular weight is 144 g/mol. The van der Waals surface area contributed by atoms with Crippen molar-refractivity contribution in [3.8, 4) is 0 Å². The number of carbonyl (C=O) groups excluding carboxylic acids is 1. The first-order valence-corrected chi connectivity index (χ1v) is 3.23. The van der Waals surface area contributed by atoms with Crippen LogP contribution in [0, 0.1) is 0 Å². The summed E-state index contributed by atoms with van der Waals surface area (Å²) in [4.78, 5) is 11.4. The molecule has 3 nitrogen and oxygen atoms in total. The van der Waals surface area contributed by atoms with Gasteiger partial charge in [0.15, 0.2) is 0 Å². The predicted molar refractivity (Wildman–Crippen MR) is 38.2 cm³/mol. The molecule has 0 aromatic rings. The Morgan fingerprint density at radius 2 is 2.22 bits per heavy atom. The molecule has 0 spiro atoms. The molecule has 50 valence electrons. The van der Waals surface area contributed by atoms with E-state index in [1.807, 2.05) is 0 Å². The van der Waals surface area contributed by atoms with Crippen molar-refractivity contribution in [2.45, 2.75) is 6.42 Å². The molecule has 0 radical (unpaired) electrons. The number of hydrogen-bond acceptors (Lipinski definition) is 2. The van der Waals surface area contributed by atoms with E-state index in [1.165, 1.54) is 0 Å². The van der Waals surface area contributed by atoms with Gasteiger partial charge < -0.3 is 10.6 Å². The Morgan fingerprint density at radius 1 is 1.44 bits per heavy atom. The highest BCUT2D eigenvalue weighted by molar-refractivity contribution is 7.80. The van der Waals surface area contributed by atoms with Crippen molar-refractivity contribution in [2.75, 3.05) is 13.1 Å². The molecule has 1 aliphatic rings. The Bertz CT molecular complexity index is 130. The van der Waals surface area contributed by atoms with Gasteiger partial charge in [0.2, 0.25) is 5.91 Å². The van der Waals surface area contributed by atoms with Gasteiger partial charge in [-0.05, 0) is 0 Å². The van der Waals surface area contributed by atoms with Crippen molar-refractivity contribution in [1.82, 2.24) is 10.6 Å². The highest BCUT2D eigenvalue weighted by Crippen LogP contribution is 1.84. The van der Waals surface area contributed by atoms with Gasteiger partial charge in [-0.25, -0.2) is 0 Å². The van der Waals surface area contributed by atoms with Crippen molar-refractivity contribution in [3.63, 3.8) is 0 Å². The minimum Gasteiger partial charge on any atom is -0.371 e. The summed E-state index contributed by atoms with van der Waals surface area (Å²) in [6, 6.07) is 0. The highest BCUT2D eigenvalue weighted by Gasteiger charge is 2.06. The normalized spacial score (nSPS) is 20.0. The summed E-state index contributed by atoms with van der Waals surface area (Å²) in [5, 5.41) is 5.50. The molecular formula is C5H8N2OS. The predicted octanol–water partition coefficient (Wildman–Crippen LogP) is -0.577. The van der Waals surface area contributed by atoms with Crippen molar-refractivity contribution in [2.24, 2.45) is 0 Å². The molecule has 1 aliphatic heterocycles. The van der Waals surface area contributed by atoms with Crippen molar-refractivity contribution < 1.29 is 4.79 Å². The fourth-order valence-corrected chi connectivity index (χ4v) is 0.819. The lowest BCUT2D eigenvalue weighted by molar-refractivity contribution is -0.119. The summed E-state index contributed by atoms with van der Waals surface area (Å²) in [6.07, 6.45) is 0.765. The lowest BCUT2D eigenvalue weighted by atomic mass is 10.4. The molecule has 2 N–H and O–H groups in total. The first-order chi connectivity index (χ1) is 4.29. The molecule has 0 unspecified atom stereocenters. The van der Waals surface area contributed by atoms with Crippen LogP contribution < -0.4 is 10.6 Å². The molecule has 4 heteroatoms. The number of thiocarbonyl (C=S) groups is 1. The van der Waals surface area contributed by atoms with E-state index in [9.17, 15) is 4.79 Å². The largest absolute Gasteiger partial charge is 0.371 e. The zero-order valence-electron chi connectivity index (χ0n) is 4.94. The molecule has 1 fully saturated rings. The average Bonchev–Trinajstić information content (AvgIpc) is 1.97. The second kappa shape index (κ2) is 2.77. The summed E-state index contributed by atoms with van der Waals surface area (Å²) in [7, 11) is 0. The van der Waals surface area contributed by atoms with E-state index >= 15 is 0 Å². The molecule has 9 heavy (non-hydrogen) atoms. The van der Waals surface area contributed by atoms with Gasteiger partial charge >= 0.3 is 0 Å². The van der Waals surface area contributed by atoms with Crippen LogP contribution in [0.1, 0.15) is 6.42 Å². The van der Waals surface area contributed by atoms with Crippen LogP contribution >= 0.6 is 12.2 Å². The van der Waals surface area contributed by atoms with E-state index in [-0.39, 0.29) is 5.91 Å². The highest BCUT2D eigenvalue weighted by atomic mass is 32.1. The molecular weight excluding hydrogens is 136 g/mol. The molecule has 0 atom stereocenters. The van der Waals surface area contributed by atoms with Crippen LogP contribution in [-0.4, -0.2) is 24.0 Å². The van der Waals surface area contributed by atoms with Gasteiger partial charge in [-0.1, -0.05) is 12.2 Å². The van der Waals surface area contributed by atoms with Gasteiger partial charge in [0.1, 0.15) is 0 Å². The number of hydrogen-bond donors (Lipinski definition) is 2. The Labute approximate surface area is 58.8 Å². The monoisotopic (exact) mass is 144 g/mol. The molecule has 0 saturated carbocycles. The Hall–Kier alpha value is -0.640. The lowest BCUT2D eigenvalue weighted by Gasteiger charge is -1.95. The summed E-state index contributed by atoms with van der Waals surface area (Å²) in [6.45, 7) is 1.00. The van der Waals surface area contributed by atoms with Crippen LogP contribution in [0.4, 0.5) is 0 Å². The van der Waals surface area contributed by atoms with Crippen LogP contribution in [0.5, 0.6) is 0 Å². The third-order valence-electron chi connectivity index (χ3n) is 1.12. The third kappa shape index (κ3) is 1.97.